The number of benzene rings is 1. The second kappa shape index (κ2) is 8.64. The molecule has 2 heteroatoms. The van der Waals surface area contributed by atoms with Crippen LogP contribution in [0.25, 0.3) is 0 Å². The predicted molar refractivity (Wildman–Crippen MR) is 134 cm³/mol. The normalized spacial score (nSPS) is 31.7. The SMILES string of the molecule is CC(C)OC(Oc1ccc(C(CC(C)(C)C)C(C)(C)C)cc1)C12CC3CC(CC(C3)C1)C2. The molecule has 32 heavy (non-hydrogen) atoms. The van der Waals surface area contributed by atoms with Crippen molar-refractivity contribution in [2.24, 2.45) is 34.0 Å². The highest BCUT2D eigenvalue weighted by Crippen LogP contribution is 2.62. The van der Waals surface area contributed by atoms with E-state index in [1.165, 1.54) is 50.5 Å². The Labute approximate surface area is 197 Å². The standard InChI is InChI=1S/C30H48O2/c1-20(2)31-27(30-16-21-13-22(17-30)15-23(14-21)18-30)32-25-11-9-24(10-12-25)26(29(6,7)8)19-28(3,4)5/h9-12,20-23,26-27H,13-19H2,1-8H3. The molecule has 0 aliphatic heterocycles. The minimum Gasteiger partial charge on any atom is -0.464 e. The van der Waals surface area contributed by atoms with Crippen molar-refractivity contribution in [1.29, 1.82) is 0 Å². The van der Waals surface area contributed by atoms with Gasteiger partial charge < -0.3 is 9.47 Å². The monoisotopic (exact) mass is 440 g/mol. The van der Waals surface area contributed by atoms with Crippen LogP contribution in [0.1, 0.15) is 112 Å². The fraction of sp³-hybridized carbons (Fsp3) is 0.800. The Bertz CT molecular complexity index is 726. The van der Waals surface area contributed by atoms with Gasteiger partial charge in [0.2, 0.25) is 6.29 Å². The van der Waals surface area contributed by atoms with Gasteiger partial charge in [0.15, 0.2) is 0 Å². The summed E-state index contributed by atoms with van der Waals surface area (Å²) in [5.41, 5.74) is 2.19. The topological polar surface area (TPSA) is 18.5 Å². The van der Waals surface area contributed by atoms with Crippen molar-refractivity contribution in [2.75, 3.05) is 0 Å². The zero-order chi connectivity index (χ0) is 23.3. The Morgan fingerprint density at radius 1 is 0.844 bits per heavy atom. The predicted octanol–water partition coefficient (Wildman–Crippen LogP) is 8.60. The lowest BCUT2D eigenvalue weighted by molar-refractivity contribution is -0.227. The molecule has 1 aromatic carbocycles. The number of ether oxygens (including phenoxy) is 2. The first-order chi connectivity index (χ1) is 14.8. The number of rotatable bonds is 7. The molecule has 2 unspecified atom stereocenters. The fourth-order valence-electron chi connectivity index (χ4n) is 7.45. The van der Waals surface area contributed by atoms with Crippen LogP contribution < -0.4 is 4.74 Å². The molecule has 4 saturated carbocycles. The van der Waals surface area contributed by atoms with Crippen LogP contribution in [0.5, 0.6) is 5.75 Å². The van der Waals surface area contributed by atoms with Gasteiger partial charge in [0.1, 0.15) is 5.75 Å². The summed E-state index contributed by atoms with van der Waals surface area (Å²) in [6.45, 7) is 18.5. The van der Waals surface area contributed by atoms with Crippen LogP contribution in [0.2, 0.25) is 0 Å². The van der Waals surface area contributed by atoms with Crippen molar-refractivity contribution >= 4 is 0 Å². The zero-order valence-electron chi connectivity index (χ0n) is 22.0. The van der Waals surface area contributed by atoms with Crippen LogP contribution in [0, 0.1) is 34.0 Å². The van der Waals surface area contributed by atoms with Crippen LogP contribution >= 0.6 is 0 Å². The summed E-state index contributed by atoms with van der Waals surface area (Å²) >= 11 is 0. The van der Waals surface area contributed by atoms with Gasteiger partial charge in [0.25, 0.3) is 0 Å². The van der Waals surface area contributed by atoms with Crippen LogP contribution in [-0.2, 0) is 4.74 Å². The van der Waals surface area contributed by atoms with E-state index in [2.05, 4.69) is 79.7 Å². The second-order valence-corrected chi connectivity index (χ2v) is 14.2. The molecule has 2 atom stereocenters. The Kier molecular flexibility index (Phi) is 6.51. The molecule has 0 N–H and O–H groups in total. The summed E-state index contributed by atoms with van der Waals surface area (Å²) < 4.78 is 13.2. The van der Waals surface area contributed by atoms with Gasteiger partial charge >= 0.3 is 0 Å². The highest BCUT2D eigenvalue weighted by atomic mass is 16.7. The largest absolute Gasteiger partial charge is 0.464 e. The molecule has 4 aliphatic carbocycles. The minimum absolute atomic E-state index is 0.116. The van der Waals surface area contributed by atoms with E-state index in [4.69, 9.17) is 9.47 Å². The molecule has 0 saturated heterocycles. The third kappa shape index (κ3) is 5.37. The molecule has 5 rings (SSSR count). The third-order valence-electron chi connectivity index (χ3n) is 8.37. The van der Waals surface area contributed by atoms with Crippen LogP contribution in [0.15, 0.2) is 24.3 Å². The lowest BCUT2D eigenvalue weighted by Crippen LogP contribution is -2.54. The van der Waals surface area contributed by atoms with E-state index in [0.29, 0.717) is 11.3 Å². The van der Waals surface area contributed by atoms with Gasteiger partial charge in [-0.05, 0) is 111 Å². The van der Waals surface area contributed by atoms with Crippen molar-refractivity contribution in [2.45, 2.75) is 119 Å². The highest BCUT2D eigenvalue weighted by Gasteiger charge is 2.56. The maximum absolute atomic E-state index is 6.71. The van der Waals surface area contributed by atoms with Gasteiger partial charge in [-0.2, -0.15) is 0 Å². The molecular weight excluding hydrogens is 392 g/mol. The van der Waals surface area contributed by atoms with Gasteiger partial charge in [0, 0.05) is 5.41 Å². The summed E-state index contributed by atoms with van der Waals surface area (Å²) in [6.07, 6.45) is 9.49. The molecule has 4 bridgehead atoms. The molecular formula is C30H48O2. The van der Waals surface area contributed by atoms with Crippen molar-refractivity contribution in [1.82, 2.24) is 0 Å². The van der Waals surface area contributed by atoms with E-state index in [9.17, 15) is 0 Å². The van der Waals surface area contributed by atoms with Gasteiger partial charge in [-0.1, -0.05) is 53.7 Å². The quantitative estimate of drug-likeness (QED) is 0.395. The second-order valence-electron chi connectivity index (χ2n) is 14.2. The molecule has 0 aromatic heterocycles. The first-order valence-electron chi connectivity index (χ1n) is 13.3. The molecule has 1 aromatic rings. The van der Waals surface area contributed by atoms with Crippen molar-refractivity contribution in [3.8, 4) is 5.75 Å². The van der Waals surface area contributed by atoms with E-state index < -0.39 is 0 Å². The van der Waals surface area contributed by atoms with Crippen molar-refractivity contribution < 1.29 is 9.47 Å². The maximum atomic E-state index is 6.71. The molecule has 180 valence electrons. The summed E-state index contributed by atoms with van der Waals surface area (Å²) in [4.78, 5) is 0. The average molecular weight is 441 g/mol. The van der Waals surface area contributed by atoms with Gasteiger partial charge in [-0.25, -0.2) is 0 Å². The van der Waals surface area contributed by atoms with E-state index >= 15 is 0 Å². The van der Waals surface area contributed by atoms with Crippen LogP contribution in [0.3, 0.4) is 0 Å². The Hall–Kier alpha value is -1.02. The molecule has 4 fully saturated rings. The summed E-state index contributed by atoms with van der Waals surface area (Å²) in [7, 11) is 0. The Morgan fingerprint density at radius 2 is 1.34 bits per heavy atom. The Balaban J connectivity index is 1.54. The molecule has 0 spiro atoms. The Morgan fingerprint density at radius 3 is 1.75 bits per heavy atom. The summed E-state index contributed by atoms with van der Waals surface area (Å²) in [6, 6.07) is 9.02. The van der Waals surface area contributed by atoms with Crippen molar-refractivity contribution in [3.05, 3.63) is 29.8 Å². The average Bonchev–Trinajstić information content (AvgIpc) is 2.63. The van der Waals surface area contributed by atoms with Crippen LogP contribution in [0.4, 0.5) is 0 Å². The first-order valence-corrected chi connectivity index (χ1v) is 13.3. The van der Waals surface area contributed by atoms with Gasteiger partial charge in [-0.15, -0.1) is 0 Å². The lowest BCUT2D eigenvalue weighted by atomic mass is 9.49. The highest BCUT2D eigenvalue weighted by molar-refractivity contribution is 5.31. The summed E-state index contributed by atoms with van der Waals surface area (Å²) in [5, 5.41) is 0. The van der Waals surface area contributed by atoms with Crippen molar-refractivity contribution in [3.63, 3.8) is 0 Å². The number of hydrogen-bond donors (Lipinski definition) is 0. The molecule has 0 radical (unpaired) electrons. The maximum Gasteiger partial charge on any atom is 0.205 e. The molecule has 2 nitrogen and oxygen atoms in total. The lowest BCUT2D eigenvalue weighted by Gasteiger charge is -2.58. The summed E-state index contributed by atoms with van der Waals surface area (Å²) in [5.74, 6) is 4.20. The number of hydrogen-bond acceptors (Lipinski definition) is 2. The zero-order valence-corrected chi connectivity index (χ0v) is 22.0. The molecule has 4 aliphatic rings. The fourth-order valence-corrected chi connectivity index (χ4v) is 7.45. The van der Waals surface area contributed by atoms with E-state index in [-0.39, 0.29) is 23.2 Å². The minimum atomic E-state index is -0.116. The first kappa shape index (κ1) is 24.1. The van der Waals surface area contributed by atoms with Crippen LogP contribution in [-0.4, -0.2) is 12.4 Å². The van der Waals surface area contributed by atoms with Gasteiger partial charge in [0.05, 0.1) is 6.10 Å². The van der Waals surface area contributed by atoms with Gasteiger partial charge in [-0.3, -0.25) is 0 Å². The molecule has 0 heterocycles. The smallest absolute Gasteiger partial charge is 0.205 e. The molecule has 0 amide bonds. The van der Waals surface area contributed by atoms with E-state index in [0.717, 1.165) is 23.5 Å². The van der Waals surface area contributed by atoms with E-state index in [1.54, 1.807) is 0 Å². The van der Waals surface area contributed by atoms with E-state index in [1.807, 2.05) is 0 Å². The third-order valence-corrected chi connectivity index (χ3v) is 8.37.